The topological polar surface area (TPSA) is 47.3 Å². The third-order valence-corrected chi connectivity index (χ3v) is 2.76. The maximum Gasteiger partial charge on any atom is 0.387 e. The van der Waals surface area contributed by atoms with Crippen molar-refractivity contribution in [1.29, 1.82) is 0 Å². The minimum absolute atomic E-state index is 0.0103. The largest absolute Gasteiger partial charge is 0.432 e. The molecule has 0 aliphatic carbocycles. The van der Waals surface area contributed by atoms with E-state index in [1.165, 1.54) is 18.2 Å². The predicted molar refractivity (Wildman–Crippen MR) is 71.9 cm³/mol. The molecule has 0 radical (unpaired) electrons. The highest BCUT2D eigenvalue weighted by Gasteiger charge is 2.13. The Morgan fingerprint density at radius 3 is 2.43 bits per heavy atom. The van der Waals surface area contributed by atoms with E-state index in [2.05, 4.69) is 10.1 Å². The fourth-order valence-electron chi connectivity index (χ4n) is 1.74. The number of benzene rings is 2. The first-order valence-corrected chi connectivity index (χ1v) is 5.94. The minimum Gasteiger partial charge on any atom is -0.432 e. The first kappa shape index (κ1) is 15.0. The number of ether oxygens (including phenoxy) is 1. The highest BCUT2D eigenvalue weighted by molar-refractivity contribution is 5.74. The van der Waals surface area contributed by atoms with Gasteiger partial charge in [-0.2, -0.15) is 8.78 Å². The quantitative estimate of drug-likeness (QED) is 0.657. The number of hydrogen-bond acceptors (Lipinski definition) is 3. The second-order valence-electron chi connectivity index (χ2n) is 4.34. The molecule has 0 aromatic heterocycles. The number of hydrogen-bond donors (Lipinski definition) is 2. The minimum atomic E-state index is -3.15. The molecule has 0 atom stereocenters. The smallest absolute Gasteiger partial charge is 0.387 e. The summed E-state index contributed by atoms with van der Waals surface area (Å²) in [5.74, 6) is -2.00. The third-order valence-electron chi connectivity index (χ3n) is 2.76. The average Bonchev–Trinajstić information content (AvgIpc) is 2.39. The van der Waals surface area contributed by atoms with Gasteiger partial charge < -0.3 is 15.8 Å². The summed E-state index contributed by atoms with van der Waals surface area (Å²) in [6.07, 6.45) is 0. The fraction of sp³-hybridized carbons (Fsp3) is 0.143. The lowest BCUT2D eigenvalue weighted by atomic mass is 10.2. The first-order chi connectivity index (χ1) is 9.86. The van der Waals surface area contributed by atoms with E-state index in [0.717, 1.165) is 12.1 Å². The molecule has 2 aromatic rings. The Kier molecular flexibility index (Phi) is 4.21. The summed E-state index contributed by atoms with van der Waals surface area (Å²) in [5, 5.41) is 2.80. The highest BCUT2D eigenvalue weighted by atomic mass is 19.3. The van der Waals surface area contributed by atoms with Crippen LogP contribution < -0.4 is 15.8 Å². The summed E-state index contributed by atoms with van der Waals surface area (Å²) in [6.45, 7) is -1.58. The lowest BCUT2D eigenvalue weighted by molar-refractivity contribution is -0.0521. The lowest BCUT2D eigenvalue weighted by Gasteiger charge is -2.13. The summed E-state index contributed by atoms with van der Waals surface area (Å²) in [4.78, 5) is 0. The van der Waals surface area contributed by atoms with Crippen molar-refractivity contribution in [3.8, 4) is 5.75 Å². The van der Waals surface area contributed by atoms with Crippen molar-refractivity contribution in [2.24, 2.45) is 0 Å². The average molecular weight is 300 g/mol. The van der Waals surface area contributed by atoms with Gasteiger partial charge in [0.25, 0.3) is 0 Å². The normalized spacial score (nSPS) is 10.8. The van der Waals surface area contributed by atoms with Crippen LogP contribution in [0.1, 0.15) is 5.56 Å². The second kappa shape index (κ2) is 5.90. The molecule has 0 heterocycles. The standard InChI is InChI=1S/C14H12F4N2O/c1-7-4-8(2-3-9(7)15)20-12-6-13(21-14(17)18)10(16)5-11(12)19/h2-6,14,20H,19H2,1H3. The van der Waals surface area contributed by atoms with Crippen LogP contribution in [0.2, 0.25) is 0 Å². The molecular formula is C14H12F4N2O. The maximum atomic E-state index is 13.4. The first-order valence-electron chi connectivity index (χ1n) is 5.94. The molecule has 0 aliphatic heterocycles. The number of nitrogen functional groups attached to an aromatic ring is 1. The molecule has 2 rings (SSSR count). The molecule has 0 bridgehead atoms. The number of nitrogens with two attached hydrogens (primary N) is 1. The molecule has 0 saturated carbocycles. The Hall–Kier alpha value is -2.44. The molecule has 0 amide bonds. The zero-order valence-corrected chi connectivity index (χ0v) is 11.0. The van der Waals surface area contributed by atoms with Crippen molar-refractivity contribution in [3.05, 3.63) is 47.5 Å². The zero-order chi connectivity index (χ0) is 15.6. The summed E-state index contributed by atoms with van der Waals surface area (Å²) in [5.41, 5.74) is 6.68. The van der Waals surface area contributed by atoms with Crippen LogP contribution in [-0.2, 0) is 0 Å². The summed E-state index contributed by atoms with van der Waals surface area (Å²) >= 11 is 0. The van der Waals surface area contributed by atoms with E-state index in [4.69, 9.17) is 5.73 Å². The number of rotatable bonds is 4. The lowest BCUT2D eigenvalue weighted by Crippen LogP contribution is -2.06. The predicted octanol–water partition coefficient (Wildman–Crippen LogP) is 4.20. The molecule has 3 nitrogen and oxygen atoms in total. The van der Waals surface area contributed by atoms with E-state index in [9.17, 15) is 17.6 Å². The van der Waals surface area contributed by atoms with Gasteiger partial charge in [-0.1, -0.05) is 0 Å². The van der Waals surface area contributed by atoms with Gasteiger partial charge in [-0.05, 0) is 30.7 Å². The van der Waals surface area contributed by atoms with Gasteiger partial charge >= 0.3 is 6.61 Å². The van der Waals surface area contributed by atoms with Crippen LogP contribution in [0.15, 0.2) is 30.3 Å². The van der Waals surface area contributed by atoms with Crippen molar-refractivity contribution in [2.75, 3.05) is 11.1 Å². The van der Waals surface area contributed by atoms with Gasteiger partial charge in [0, 0.05) is 17.8 Å². The van der Waals surface area contributed by atoms with E-state index in [-0.39, 0.29) is 17.2 Å². The molecule has 0 spiro atoms. The van der Waals surface area contributed by atoms with Crippen molar-refractivity contribution in [2.45, 2.75) is 13.5 Å². The Bertz CT molecular complexity index is 662. The van der Waals surface area contributed by atoms with E-state index in [0.29, 0.717) is 11.3 Å². The molecule has 112 valence electrons. The number of alkyl halides is 2. The van der Waals surface area contributed by atoms with E-state index in [1.807, 2.05) is 0 Å². The van der Waals surface area contributed by atoms with Gasteiger partial charge in [-0.25, -0.2) is 8.78 Å². The van der Waals surface area contributed by atoms with Gasteiger partial charge in [-0.15, -0.1) is 0 Å². The van der Waals surface area contributed by atoms with E-state index < -0.39 is 18.2 Å². The van der Waals surface area contributed by atoms with Crippen LogP contribution in [0.5, 0.6) is 5.75 Å². The van der Waals surface area contributed by atoms with Crippen molar-refractivity contribution >= 4 is 17.1 Å². The van der Waals surface area contributed by atoms with Crippen LogP contribution >= 0.6 is 0 Å². The van der Waals surface area contributed by atoms with E-state index >= 15 is 0 Å². The number of anilines is 3. The second-order valence-corrected chi connectivity index (χ2v) is 4.34. The van der Waals surface area contributed by atoms with Crippen LogP contribution in [-0.4, -0.2) is 6.61 Å². The van der Waals surface area contributed by atoms with Crippen LogP contribution in [0.25, 0.3) is 0 Å². The summed E-state index contributed by atoms with van der Waals surface area (Å²) in [7, 11) is 0. The van der Waals surface area contributed by atoms with Crippen molar-refractivity contribution < 1.29 is 22.3 Å². The molecule has 0 unspecified atom stereocenters. The van der Waals surface area contributed by atoms with Crippen LogP contribution in [0.3, 0.4) is 0 Å². The van der Waals surface area contributed by atoms with Crippen LogP contribution in [0, 0.1) is 18.6 Å². The third kappa shape index (κ3) is 3.56. The van der Waals surface area contributed by atoms with Gasteiger partial charge in [0.15, 0.2) is 11.6 Å². The van der Waals surface area contributed by atoms with E-state index in [1.54, 1.807) is 6.92 Å². The number of nitrogens with one attached hydrogen (secondary N) is 1. The van der Waals surface area contributed by atoms with Crippen molar-refractivity contribution in [1.82, 2.24) is 0 Å². The monoisotopic (exact) mass is 300 g/mol. The van der Waals surface area contributed by atoms with Gasteiger partial charge in [-0.3, -0.25) is 0 Å². The summed E-state index contributed by atoms with van der Waals surface area (Å²) in [6, 6.07) is 6.09. The van der Waals surface area contributed by atoms with Gasteiger partial charge in [0.1, 0.15) is 5.82 Å². The number of halogens is 4. The molecule has 3 N–H and O–H groups in total. The Morgan fingerprint density at radius 2 is 1.81 bits per heavy atom. The maximum absolute atomic E-state index is 13.4. The summed E-state index contributed by atoms with van der Waals surface area (Å²) < 4.78 is 55.0. The molecule has 0 saturated heterocycles. The Labute approximate surface area is 118 Å². The molecule has 2 aromatic carbocycles. The van der Waals surface area contributed by atoms with Crippen molar-refractivity contribution in [3.63, 3.8) is 0 Å². The van der Waals surface area contributed by atoms with Crippen LogP contribution in [0.4, 0.5) is 34.6 Å². The molecule has 0 fully saturated rings. The highest BCUT2D eigenvalue weighted by Crippen LogP contribution is 2.31. The van der Waals surface area contributed by atoms with Gasteiger partial charge in [0.2, 0.25) is 0 Å². The number of aryl methyl sites for hydroxylation is 1. The molecular weight excluding hydrogens is 288 g/mol. The molecule has 0 aliphatic rings. The fourth-order valence-corrected chi connectivity index (χ4v) is 1.74. The molecule has 21 heavy (non-hydrogen) atoms. The Balaban J connectivity index is 2.32. The SMILES string of the molecule is Cc1cc(Nc2cc(OC(F)F)c(F)cc2N)ccc1F. The Morgan fingerprint density at radius 1 is 1.10 bits per heavy atom. The van der Waals surface area contributed by atoms with Gasteiger partial charge in [0.05, 0.1) is 11.4 Å². The zero-order valence-electron chi connectivity index (χ0n) is 11.0. The molecule has 7 heteroatoms.